The Morgan fingerprint density at radius 3 is 2.69 bits per heavy atom. The van der Waals surface area contributed by atoms with E-state index in [1.54, 1.807) is 11.3 Å². The number of aryl methyl sites for hydroxylation is 1. The fraction of sp³-hybridized carbons (Fsp3) is 0.281. The van der Waals surface area contributed by atoms with Crippen LogP contribution in [-0.2, 0) is 22.4 Å². The zero-order valence-electron chi connectivity index (χ0n) is 22.4. The van der Waals surface area contributed by atoms with Crippen LogP contribution in [0.2, 0.25) is 0 Å². The maximum absolute atomic E-state index is 12.8. The van der Waals surface area contributed by atoms with Crippen LogP contribution in [0.4, 0.5) is 0 Å². The second kappa shape index (κ2) is 9.74. The van der Waals surface area contributed by atoms with Crippen LogP contribution < -0.4 is 4.74 Å². The van der Waals surface area contributed by atoms with Crippen molar-refractivity contribution >= 4 is 38.4 Å². The topological polar surface area (TPSA) is 81.5 Å². The van der Waals surface area contributed by atoms with Crippen LogP contribution in [0.25, 0.3) is 32.2 Å². The highest BCUT2D eigenvalue weighted by atomic mass is 32.1. The first-order valence-corrected chi connectivity index (χ1v) is 13.9. The highest BCUT2D eigenvalue weighted by molar-refractivity contribution is 7.19. The third kappa shape index (κ3) is 4.77. The van der Waals surface area contributed by atoms with Crippen molar-refractivity contribution in [2.45, 2.75) is 52.2 Å². The van der Waals surface area contributed by atoms with Gasteiger partial charge < -0.3 is 14.6 Å². The van der Waals surface area contributed by atoms with E-state index in [4.69, 9.17) is 19.4 Å². The van der Waals surface area contributed by atoms with Gasteiger partial charge in [0.05, 0.1) is 32.9 Å². The molecule has 1 atom stereocenters. The summed E-state index contributed by atoms with van der Waals surface area (Å²) in [5.41, 5.74) is 6.48. The fourth-order valence-electron chi connectivity index (χ4n) is 5.40. The number of carbonyl (C=O) groups is 1. The van der Waals surface area contributed by atoms with Crippen molar-refractivity contribution in [3.63, 3.8) is 0 Å². The van der Waals surface area contributed by atoms with Crippen molar-refractivity contribution in [2.24, 2.45) is 0 Å². The van der Waals surface area contributed by atoms with Crippen molar-refractivity contribution in [1.29, 1.82) is 0 Å². The number of hydrogen-bond acceptors (Lipinski definition) is 6. The minimum Gasteiger partial charge on any atom is -0.493 e. The van der Waals surface area contributed by atoms with Crippen molar-refractivity contribution in [3.05, 3.63) is 88.1 Å². The smallest absolute Gasteiger partial charge is 0.337 e. The Kier molecular flexibility index (Phi) is 6.36. The summed E-state index contributed by atoms with van der Waals surface area (Å²) in [4.78, 5) is 22.6. The standard InChI is InChI=1S/C32H30N2O4S/c1-18-16-22-30(39-24(34-22)17-19-8-6-5-7-9-19)27(25(18)29(31(35)36)38-32(2,3)4)21-10-11-23-26-20(13-15-37-23)12-14-33-28(21)26/h5-12,14,16,29H,13,15,17H2,1-4H3,(H,35,36)/t29-/m0/s1. The number of pyridine rings is 1. The first-order chi connectivity index (χ1) is 18.7. The average Bonchev–Trinajstić information content (AvgIpc) is 3.29. The highest BCUT2D eigenvalue weighted by Crippen LogP contribution is 2.46. The summed E-state index contributed by atoms with van der Waals surface area (Å²) >= 11 is 1.60. The van der Waals surface area contributed by atoms with Gasteiger partial charge in [-0.05, 0) is 68.7 Å². The van der Waals surface area contributed by atoms with E-state index in [1.807, 2.05) is 76.4 Å². The van der Waals surface area contributed by atoms with Crippen LogP contribution in [0.1, 0.15) is 54.1 Å². The number of aromatic nitrogens is 2. The van der Waals surface area contributed by atoms with Crippen LogP contribution in [0.5, 0.6) is 5.75 Å². The molecule has 0 spiro atoms. The predicted molar refractivity (Wildman–Crippen MR) is 155 cm³/mol. The molecule has 3 aromatic carbocycles. The number of benzene rings is 3. The molecule has 1 aliphatic rings. The lowest BCUT2D eigenvalue weighted by Gasteiger charge is -2.28. The molecule has 0 saturated heterocycles. The first kappa shape index (κ1) is 25.5. The number of carboxylic acids is 1. The third-order valence-corrected chi connectivity index (χ3v) is 8.06. The monoisotopic (exact) mass is 538 g/mol. The minimum atomic E-state index is -1.16. The second-order valence-corrected chi connectivity index (χ2v) is 12.0. The Morgan fingerprint density at radius 1 is 1.15 bits per heavy atom. The quantitative estimate of drug-likeness (QED) is 0.245. The zero-order chi connectivity index (χ0) is 27.3. The molecule has 198 valence electrons. The van der Waals surface area contributed by atoms with Gasteiger partial charge >= 0.3 is 5.97 Å². The van der Waals surface area contributed by atoms with Gasteiger partial charge in [-0.25, -0.2) is 9.78 Å². The first-order valence-electron chi connectivity index (χ1n) is 13.1. The van der Waals surface area contributed by atoms with Crippen LogP contribution in [0, 0.1) is 6.92 Å². The lowest BCUT2D eigenvalue weighted by molar-refractivity contribution is -0.160. The summed E-state index contributed by atoms with van der Waals surface area (Å²) in [6.07, 6.45) is 2.17. The SMILES string of the molecule is Cc1cc2nc(Cc3ccccc3)sc2c(-c2ccc3c4c(ccnc24)CCO3)c1[C@H](OC(C)(C)C)C(=O)O. The molecule has 1 N–H and O–H groups in total. The summed E-state index contributed by atoms with van der Waals surface area (Å²) in [5.74, 6) is -0.218. The van der Waals surface area contributed by atoms with E-state index in [2.05, 4.69) is 12.1 Å². The lowest BCUT2D eigenvalue weighted by Crippen LogP contribution is -2.28. The number of fused-ring (bicyclic) bond motifs is 1. The third-order valence-electron chi connectivity index (χ3n) is 6.97. The maximum Gasteiger partial charge on any atom is 0.337 e. The molecule has 0 aliphatic carbocycles. The van der Waals surface area contributed by atoms with E-state index in [0.29, 0.717) is 18.6 Å². The molecule has 7 heteroatoms. The van der Waals surface area contributed by atoms with Gasteiger partial charge in [-0.3, -0.25) is 4.98 Å². The molecule has 6 nitrogen and oxygen atoms in total. The molecule has 39 heavy (non-hydrogen) atoms. The molecule has 2 aromatic heterocycles. The van der Waals surface area contributed by atoms with E-state index in [1.165, 1.54) is 11.1 Å². The van der Waals surface area contributed by atoms with Gasteiger partial charge in [0.2, 0.25) is 0 Å². The summed E-state index contributed by atoms with van der Waals surface area (Å²) in [5, 5.41) is 12.4. The van der Waals surface area contributed by atoms with Crippen LogP contribution in [-0.4, -0.2) is 33.3 Å². The van der Waals surface area contributed by atoms with E-state index in [9.17, 15) is 9.90 Å². The van der Waals surface area contributed by atoms with Gasteiger partial charge in [-0.1, -0.05) is 30.3 Å². The van der Waals surface area contributed by atoms with E-state index < -0.39 is 17.7 Å². The molecular weight excluding hydrogens is 508 g/mol. The van der Waals surface area contributed by atoms with Crippen molar-refractivity contribution < 1.29 is 19.4 Å². The maximum atomic E-state index is 12.8. The Bertz CT molecular complexity index is 1710. The summed E-state index contributed by atoms with van der Waals surface area (Å²) in [6.45, 7) is 8.20. The van der Waals surface area contributed by atoms with Gasteiger partial charge in [0, 0.05) is 41.1 Å². The van der Waals surface area contributed by atoms with Crippen LogP contribution in [0.15, 0.2) is 60.8 Å². The molecule has 5 aromatic rings. The lowest BCUT2D eigenvalue weighted by atomic mass is 9.89. The van der Waals surface area contributed by atoms with E-state index >= 15 is 0 Å². The number of rotatable bonds is 6. The average molecular weight is 539 g/mol. The Morgan fingerprint density at radius 2 is 1.95 bits per heavy atom. The van der Waals surface area contributed by atoms with Crippen molar-refractivity contribution in [3.8, 4) is 16.9 Å². The van der Waals surface area contributed by atoms with Crippen LogP contribution in [0.3, 0.4) is 0 Å². The molecule has 0 unspecified atom stereocenters. The number of nitrogens with zero attached hydrogens (tertiary/aromatic N) is 2. The van der Waals surface area contributed by atoms with Crippen molar-refractivity contribution in [2.75, 3.05) is 6.61 Å². The summed E-state index contributed by atoms with van der Waals surface area (Å²) in [6, 6.07) is 18.3. The number of carboxylic acid groups (broad SMARTS) is 1. The minimum absolute atomic E-state index is 0.629. The molecule has 0 radical (unpaired) electrons. The van der Waals surface area contributed by atoms with Gasteiger partial charge in [0.15, 0.2) is 6.10 Å². The zero-order valence-corrected chi connectivity index (χ0v) is 23.3. The highest BCUT2D eigenvalue weighted by Gasteiger charge is 2.33. The number of thiazole rings is 1. The molecule has 0 fully saturated rings. The van der Waals surface area contributed by atoms with E-state index in [-0.39, 0.29) is 0 Å². The Balaban J connectivity index is 1.66. The van der Waals surface area contributed by atoms with Gasteiger partial charge in [0.1, 0.15) is 5.75 Å². The number of hydrogen-bond donors (Lipinski definition) is 1. The second-order valence-electron chi connectivity index (χ2n) is 11.0. The van der Waals surface area contributed by atoms with E-state index in [0.717, 1.165) is 55.0 Å². The van der Waals surface area contributed by atoms with Gasteiger partial charge in [0.25, 0.3) is 0 Å². The van der Waals surface area contributed by atoms with Crippen molar-refractivity contribution in [1.82, 2.24) is 9.97 Å². The summed E-state index contributed by atoms with van der Waals surface area (Å²) < 4.78 is 13.1. The molecule has 3 heterocycles. The van der Waals surface area contributed by atoms with Gasteiger partial charge in [-0.2, -0.15) is 0 Å². The number of ether oxygens (including phenoxy) is 2. The molecule has 0 saturated carbocycles. The Hall–Kier alpha value is -3.81. The fourth-order valence-corrected chi connectivity index (χ4v) is 6.55. The summed E-state index contributed by atoms with van der Waals surface area (Å²) in [7, 11) is 0. The molecule has 1 aliphatic heterocycles. The predicted octanol–water partition coefficient (Wildman–Crippen LogP) is 7.29. The van der Waals surface area contributed by atoms with Crippen LogP contribution >= 0.6 is 11.3 Å². The number of aliphatic carboxylic acids is 1. The normalized spacial score (nSPS) is 13.9. The molecule has 6 rings (SSSR count). The largest absolute Gasteiger partial charge is 0.493 e. The Labute approximate surface area is 231 Å². The molecular formula is C32H30N2O4S. The molecule has 0 amide bonds. The van der Waals surface area contributed by atoms with Gasteiger partial charge in [-0.15, -0.1) is 11.3 Å². The molecule has 0 bridgehead atoms.